The normalized spacial score (nSPS) is 17.8. The van der Waals surface area contributed by atoms with Crippen LogP contribution in [-0.2, 0) is 22.4 Å². The van der Waals surface area contributed by atoms with Gasteiger partial charge < -0.3 is 19.1 Å². The van der Waals surface area contributed by atoms with Crippen LogP contribution in [0.3, 0.4) is 0 Å². The number of esters is 1. The summed E-state index contributed by atoms with van der Waals surface area (Å²) in [6, 6.07) is 18.7. The number of carbonyl (C=O) groups excluding carboxylic acids is 2. The molecule has 9 nitrogen and oxygen atoms in total. The maximum Gasteiger partial charge on any atom is 0.345 e. The van der Waals surface area contributed by atoms with E-state index in [1.807, 2.05) is 18.2 Å². The highest BCUT2D eigenvalue weighted by atomic mass is 16.5. The SMILES string of the molecule is CCOC(=O)c1cnn(-c2cccc(-c3cccc4c3[C@@H](Oc3ccc(C5CCN(C(=O)C6CC6)CC5)c(CC)c3)CC4)n2)c1OC. The Hall–Kier alpha value is -4.66. The Morgan fingerprint density at radius 2 is 1.77 bits per heavy atom. The molecular weight excluding hydrogens is 592 g/mol. The molecule has 1 saturated carbocycles. The highest BCUT2D eigenvalue weighted by molar-refractivity contribution is 5.92. The minimum Gasteiger partial charge on any atom is -0.486 e. The van der Waals surface area contributed by atoms with Crippen LogP contribution in [0.1, 0.15) is 90.6 Å². The summed E-state index contributed by atoms with van der Waals surface area (Å²) in [4.78, 5) is 32.1. The van der Waals surface area contributed by atoms with E-state index in [2.05, 4.69) is 53.3 Å². The van der Waals surface area contributed by atoms with E-state index < -0.39 is 5.97 Å². The Morgan fingerprint density at radius 3 is 2.51 bits per heavy atom. The molecule has 1 atom stereocenters. The van der Waals surface area contributed by atoms with Gasteiger partial charge in [0.25, 0.3) is 0 Å². The lowest BCUT2D eigenvalue weighted by molar-refractivity contribution is -0.133. The Balaban J connectivity index is 1.12. The molecule has 0 radical (unpaired) electrons. The number of hydrogen-bond donors (Lipinski definition) is 0. The van der Waals surface area contributed by atoms with Gasteiger partial charge in [-0.15, -0.1) is 0 Å². The number of methoxy groups -OCH3 is 1. The monoisotopic (exact) mass is 634 g/mol. The molecule has 2 aromatic heterocycles. The van der Waals surface area contributed by atoms with Gasteiger partial charge in [0.15, 0.2) is 5.82 Å². The second kappa shape index (κ2) is 13.2. The van der Waals surface area contributed by atoms with Crippen molar-refractivity contribution < 1.29 is 23.8 Å². The number of benzene rings is 2. The van der Waals surface area contributed by atoms with Gasteiger partial charge in [-0.3, -0.25) is 4.79 Å². The molecule has 1 saturated heterocycles. The molecule has 0 bridgehead atoms. The van der Waals surface area contributed by atoms with Crippen molar-refractivity contribution in [2.24, 2.45) is 5.92 Å². The van der Waals surface area contributed by atoms with Crippen LogP contribution in [0.25, 0.3) is 17.1 Å². The first-order valence-corrected chi connectivity index (χ1v) is 17.0. The summed E-state index contributed by atoms with van der Waals surface area (Å²) in [6.07, 6.45) is 8.27. The van der Waals surface area contributed by atoms with E-state index in [0.717, 1.165) is 80.6 Å². The smallest absolute Gasteiger partial charge is 0.345 e. The fourth-order valence-corrected chi connectivity index (χ4v) is 7.24. The molecule has 2 aliphatic carbocycles. The van der Waals surface area contributed by atoms with Crippen molar-refractivity contribution >= 4 is 11.9 Å². The largest absolute Gasteiger partial charge is 0.486 e. The van der Waals surface area contributed by atoms with Crippen molar-refractivity contribution in [1.29, 1.82) is 0 Å². The molecule has 1 aliphatic heterocycles. The molecule has 0 N–H and O–H groups in total. The van der Waals surface area contributed by atoms with Crippen LogP contribution in [0.5, 0.6) is 11.6 Å². The Morgan fingerprint density at radius 1 is 0.957 bits per heavy atom. The minimum absolute atomic E-state index is 0.103. The first-order chi connectivity index (χ1) is 23.0. The van der Waals surface area contributed by atoms with Crippen molar-refractivity contribution in [3.8, 4) is 28.7 Å². The summed E-state index contributed by atoms with van der Waals surface area (Å²) in [5.74, 6) is 2.34. The van der Waals surface area contributed by atoms with Gasteiger partial charge in [0, 0.05) is 30.1 Å². The topological polar surface area (TPSA) is 95.8 Å². The molecule has 1 amide bonds. The maximum absolute atomic E-state index is 12.6. The number of piperidine rings is 1. The Labute approximate surface area is 275 Å². The predicted molar refractivity (Wildman–Crippen MR) is 178 cm³/mol. The van der Waals surface area contributed by atoms with Crippen LogP contribution in [-0.4, -0.2) is 58.3 Å². The van der Waals surface area contributed by atoms with E-state index in [4.69, 9.17) is 19.2 Å². The summed E-state index contributed by atoms with van der Waals surface area (Å²) in [5.41, 5.74) is 7.21. The summed E-state index contributed by atoms with van der Waals surface area (Å²) in [7, 11) is 1.50. The number of aromatic nitrogens is 3. The van der Waals surface area contributed by atoms with E-state index >= 15 is 0 Å². The highest BCUT2D eigenvalue weighted by Gasteiger charge is 2.35. The van der Waals surface area contributed by atoms with Gasteiger partial charge in [-0.05, 0) is 98.7 Å². The summed E-state index contributed by atoms with van der Waals surface area (Å²) >= 11 is 0. The number of carbonyl (C=O) groups is 2. The van der Waals surface area contributed by atoms with Crippen molar-refractivity contribution in [3.63, 3.8) is 0 Å². The van der Waals surface area contributed by atoms with Gasteiger partial charge in [0.1, 0.15) is 17.4 Å². The van der Waals surface area contributed by atoms with E-state index in [1.165, 1.54) is 34.7 Å². The second-order valence-electron chi connectivity index (χ2n) is 12.7. The molecule has 0 unspecified atom stereocenters. The third-order valence-corrected chi connectivity index (χ3v) is 9.78. The molecule has 9 heteroatoms. The number of hydrogen-bond acceptors (Lipinski definition) is 7. The average molecular weight is 635 g/mol. The van der Waals surface area contributed by atoms with Crippen LogP contribution in [0.15, 0.2) is 60.8 Å². The van der Waals surface area contributed by atoms with Crippen LogP contribution < -0.4 is 9.47 Å². The first-order valence-electron chi connectivity index (χ1n) is 17.0. The molecule has 47 heavy (non-hydrogen) atoms. The average Bonchev–Trinajstić information content (AvgIpc) is 3.74. The maximum atomic E-state index is 12.6. The lowest BCUT2D eigenvalue weighted by Gasteiger charge is -2.33. The van der Waals surface area contributed by atoms with Gasteiger partial charge >= 0.3 is 5.97 Å². The van der Waals surface area contributed by atoms with Crippen LogP contribution in [0, 0.1) is 5.92 Å². The van der Waals surface area contributed by atoms with Gasteiger partial charge in [-0.1, -0.05) is 37.3 Å². The quantitative estimate of drug-likeness (QED) is 0.176. The summed E-state index contributed by atoms with van der Waals surface area (Å²) in [6.45, 7) is 5.95. The van der Waals surface area contributed by atoms with E-state index in [9.17, 15) is 9.59 Å². The van der Waals surface area contributed by atoms with Crippen molar-refractivity contribution in [2.45, 2.75) is 70.8 Å². The van der Waals surface area contributed by atoms with E-state index in [0.29, 0.717) is 23.6 Å². The third-order valence-electron chi connectivity index (χ3n) is 9.78. The fraction of sp³-hybridized carbons (Fsp3) is 0.421. The van der Waals surface area contributed by atoms with Crippen molar-refractivity contribution in [3.05, 3.63) is 88.6 Å². The number of amides is 1. The number of nitrogens with zero attached hydrogens (tertiary/aromatic N) is 4. The zero-order valence-electron chi connectivity index (χ0n) is 27.4. The highest BCUT2D eigenvalue weighted by Crippen LogP contribution is 2.42. The standard InChI is InChI=1S/C38H42N4O5/c1-4-24-22-28(15-16-29(24)25-18-20-41(21-19-25)36(43)27-12-13-27)47-33-17-14-26-8-6-9-30(35(26)33)32-10-7-11-34(40-32)42-37(45-3)31(23-39-42)38(44)46-5-2/h6-11,15-16,22-23,25,27,33H,4-5,12-14,17-21H2,1-3H3/t33-/m0/s1. The molecule has 3 heterocycles. The molecule has 244 valence electrons. The van der Waals surface area contributed by atoms with Gasteiger partial charge in [0.05, 0.1) is 25.6 Å². The Bertz CT molecular complexity index is 1790. The van der Waals surface area contributed by atoms with Crippen molar-refractivity contribution in [2.75, 3.05) is 26.8 Å². The van der Waals surface area contributed by atoms with Gasteiger partial charge in [0.2, 0.25) is 11.8 Å². The lowest BCUT2D eigenvalue weighted by Crippen LogP contribution is -2.38. The third kappa shape index (κ3) is 6.11. The molecular formula is C38H42N4O5. The van der Waals surface area contributed by atoms with E-state index in [-0.39, 0.29) is 24.2 Å². The molecule has 7 rings (SSSR count). The lowest BCUT2D eigenvalue weighted by atomic mass is 9.85. The van der Waals surface area contributed by atoms with Crippen LogP contribution in [0.4, 0.5) is 0 Å². The fourth-order valence-electron chi connectivity index (χ4n) is 7.24. The zero-order valence-corrected chi connectivity index (χ0v) is 27.4. The number of ether oxygens (including phenoxy) is 3. The number of rotatable bonds is 10. The Kier molecular flexibility index (Phi) is 8.71. The van der Waals surface area contributed by atoms with Gasteiger partial charge in [-0.2, -0.15) is 9.78 Å². The molecule has 4 aromatic rings. The summed E-state index contributed by atoms with van der Waals surface area (Å²) < 4.78 is 19.0. The van der Waals surface area contributed by atoms with Crippen molar-refractivity contribution in [1.82, 2.24) is 19.7 Å². The molecule has 2 aromatic carbocycles. The first kappa shape index (κ1) is 31.0. The molecule has 2 fully saturated rings. The summed E-state index contributed by atoms with van der Waals surface area (Å²) in [5, 5.41) is 4.40. The second-order valence-corrected chi connectivity index (χ2v) is 12.7. The predicted octanol–water partition coefficient (Wildman–Crippen LogP) is 6.86. The zero-order chi connectivity index (χ0) is 32.5. The molecule has 0 spiro atoms. The minimum atomic E-state index is -0.488. The number of fused-ring (bicyclic) bond motifs is 1. The van der Waals surface area contributed by atoms with Gasteiger partial charge in [-0.25, -0.2) is 9.78 Å². The molecule has 3 aliphatic rings. The van der Waals surface area contributed by atoms with E-state index in [1.54, 1.807) is 6.92 Å². The van der Waals surface area contributed by atoms with Crippen LogP contribution >= 0.6 is 0 Å². The number of likely N-dealkylation sites (tertiary alicyclic amines) is 1. The number of pyridine rings is 1. The van der Waals surface area contributed by atoms with Crippen LogP contribution in [0.2, 0.25) is 0 Å². The number of aryl methyl sites for hydroxylation is 2.